The minimum absolute atomic E-state index is 0.0803. The van der Waals surface area contributed by atoms with Crippen LogP contribution in [0.15, 0.2) is 47.3 Å². The first-order valence-electron chi connectivity index (χ1n) is 7.76. The van der Waals surface area contributed by atoms with Gasteiger partial charge in [-0.15, -0.1) is 0 Å². The Morgan fingerprint density at radius 2 is 2.08 bits per heavy atom. The number of anilines is 1. The van der Waals surface area contributed by atoms with E-state index in [4.69, 9.17) is 11.6 Å². The van der Waals surface area contributed by atoms with Crippen LogP contribution in [0.25, 0.3) is 0 Å². The highest BCUT2D eigenvalue weighted by atomic mass is 79.9. The van der Waals surface area contributed by atoms with Gasteiger partial charge in [0.1, 0.15) is 0 Å². The van der Waals surface area contributed by atoms with Gasteiger partial charge >= 0.3 is 0 Å². The third kappa shape index (κ3) is 4.49. The molecule has 3 rings (SSSR count). The predicted octanol–water partition coefficient (Wildman–Crippen LogP) is 3.88. The fourth-order valence-electron chi connectivity index (χ4n) is 2.40. The first kappa shape index (κ1) is 17.7. The summed E-state index contributed by atoms with van der Waals surface area (Å²) < 4.78 is 4.48. The Kier molecular flexibility index (Phi) is 5.55. The van der Waals surface area contributed by atoms with Crippen molar-refractivity contribution in [3.05, 3.63) is 63.6 Å². The molecule has 0 radical (unpaired) electrons. The summed E-state index contributed by atoms with van der Waals surface area (Å²) in [5.41, 5.74) is 2.64. The van der Waals surface area contributed by atoms with E-state index in [1.165, 1.54) is 0 Å². The minimum Gasteiger partial charge on any atom is -0.323 e. The fourth-order valence-corrected chi connectivity index (χ4v) is 2.89. The van der Waals surface area contributed by atoms with Crippen molar-refractivity contribution >= 4 is 39.1 Å². The van der Waals surface area contributed by atoms with Crippen LogP contribution in [-0.2, 0) is 17.9 Å². The van der Waals surface area contributed by atoms with E-state index in [0.29, 0.717) is 30.2 Å². The number of nitrogens with zero attached hydrogens (tertiary/aromatic N) is 4. The molecule has 8 heteroatoms. The van der Waals surface area contributed by atoms with Gasteiger partial charge in [-0.1, -0.05) is 29.8 Å². The topological polar surface area (TPSA) is 64.7 Å². The van der Waals surface area contributed by atoms with Crippen LogP contribution in [0.1, 0.15) is 17.7 Å². The molecule has 130 valence electrons. The quantitative estimate of drug-likeness (QED) is 0.655. The largest absolute Gasteiger partial charge is 0.323 e. The molecule has 0 aliphatic heterocycles. The van der Waals surface area contributed by atoms with E-state index in [-0.39, 0.29) is 5.91 Å². The molecule has 1 N–H and O–H groups in total. The fraction of sp³-hybridized carbons (Fsp3) is 0.235. The first-order valence-corrected chi connectivity index (χ1v) is 8.93. The smallest absolute Gasteiger partial charge is 0.226 e. The molecule has 6 nitrogen and oxygen atoms in total. The van der Waals surface area contributed by atoms with E-state index in [1.807, 2.05) is 31.2 Å². The molecule has 2 heterocycles. The van der Waals surface area contributed by atoms with Gasteiger partial charge in [-0.3, -0.25) is 14.2 Å². The first-order chi connectivity index (χ1) is 12.0. The minimum atomic E-state index is -0.0803. The van der Waals surface area contributed by atoms with Crippen LogP contribution in [0.2, 0.25) is 5.02 Å². The van der Waals surface area contributed by atoms with Crippen LogP contribution >= 0.6 is 27.5 Å². The number of carbonyl (C=O) groups excluding carboxylic acids is 1. The summed E-state index contributed by atoms with van der Waals surface area (Å²) >= 11 is 9.56. The molecule has 0 fully saturated rings. The highest BCUT2D eigenvalue weighted by Crippen LogP contribution is 2.17. The highest BCUT2D eigenvalue weighted by Gasteiger charge is 2.09. The maximum Gasteiger partial charge on any atom is 0.226 e. The van der Waals surface area contributed by atoms with Crippen LogP contribution in [-0.4, -0.2) is 25.5 Å². The summed E-state index contributed by atoms with van der Waals surface area (Å²) in [7, 11) is 0. The molecule has 0 unspecified atom stereocenters. The van der Waals surface area contributed by atoms with Crippen molar-refractivity contribution in [2.45, 2.75) is 26.4 Å². The van der Waals surface area contributed by atoms with Gasteiger partial charge in [0.15, 0.2) is 0 Å². The van der Waals surface area contributed by atoms with Crippen LogP contribution in [0, 0.1) is 6.92 Å². The van der Waals surface area contributed by atoms with Gasteiger partial charge in [-0.25, -0.2) is 0 Å². The van der Waals surface area contributed by atoms with Gasteiger partial charge in [0.25, 0.3) is 0 Å². The molecule has 0 saturated carbocycles. The molecule has 0 spiro atoms. The van der Waals surface area contributed by atoms with Crippen molar-refractivity contribution in [1.29, 1.82) is 0 Å². The lowest BCUT2D eigenvalue weighted by atomic mass is 10.2. The van der Waals surface area contributed by atoms with Gasteiger partial charge < -0.3 is 5.32 Å². The number of benzene rings is 1. The predicted molar refractivity (Wildman–Crippen MR) is 101 cm³/mol. The number of carbonyl (C=O) groups is 1. The van der Waals surface area contributed by atoms with E-state index < -0.39 is 0 Å². The number of hydrogen-bond acceptors (Lipinski definition) is 3. The average molecular weight is 423 g/mol. The standard InChI is InChI=1S/C17H17BrClN5O/c1-12-15(18)9-21-24(12)7-6-17(25)22-14-8-20-23(11-14)10-13-4-2-3-5-16(13)19/h2-5,8-9,11H,6-7,10H2,1H3,(H,22,25). The maximum absolute atomic E-state index is 12.1. The summed E-state index contributed by atoms with van der Waals surface area (Å²) in [5.74, 6) is -0.0803. The molecule has 1 amide bonds. The summed E-state index contributed by atoms with van der Waals surface area (Å²) in [6, 6.07) is 7.62. The molecular formula is C17H17BrClN5O. The summed E-state index contributed by atoms with van der Waals surface area (Å²) in [6.45, 7) is 3.03. The summed E-state index contributed by atoms with van der Waals surface area (Å²) in [4.78, 5) is 12.1. The number of aromatic nitrogens is 4. The Morgan fingerprint density at radius 3 is 2.80 bits per heavy atom. The van der Waals surface area contributed by atoms with Crippen LogP contribution in [0.4, 0.5) is 5.69 Å². The zero-order chi connectivity index (χ0) is 17.8. The second kappa shape index (κ2) is 7.84. The number of hydrogen-bond donors (Lipinski definition) is 1. The lowest BCUT2D eigenvalue weighted by Crippen LogP contribution is -2.15. The Hall–Kier alpha value is -2.12. The normalized spacial score (nSPS) is 10.8. The maximum atomic E-state index is 12.1. The number of halogens is 2. The van der Waals surface area contributed by atoms with Crippen molar-refractivity contribution < 1.29 is 4.79 Å². The van der Waals surface area contributed by atoms with Gasteiger partial charge in [-0.2, -0.15) is 10.2 Å². The Labute approximate surface area is 158 Å². The van der Waals surface area contributed by atoms with Crippen molar-refractivity contribution in [3.8, 4) is 0 Å². The van der Waals surface area contributed by atoms with E-state index in [9.17, 15) is 4.79 Å². The molecule has 0 aliphatic carbocycles. The zero-order valence-corrected chi connectivity index (χ0v) is 16.0. The SMILES string of the molecule is Cc1c(Br)cnn1CCC(=O)Nc1cnn(Cc2ccccc2Cl)c1. The molecule has 0 bridgehead atoms. The van der Waals surface area contributed by atoms with Gasteiger partial charge in [-0.05, 0) is 34.5 Å². The summed E-state index contributed by atoms with van der Waals surface area (Å²) in [6.07, 6.45) is 5.48. The molecule has 0 atom stereocenters. The van der Waals surface area contributed by atoms with E-state index in [2.05, 4.69) is 31.4 Å². The third-order valence-corrected chi connectivity index (χ3v) is 4.95. The third-order valence-electron chi connectivity index (χ3n) is 3.80. The second-order valence-electron chi connectivity index (χ2n) is 5.62. The van der Waals surface area contributed by atoms with Crippen molar-refractivity contribution in [2.75, 3.05) is 5.32 Å². The Balaban J connectivity index is 1.55. The van der Waals surface area contributed by atoms with Crippen LogP contribution in [0.3, 0.4) is 0 Å². The van der Waals surface area contributed by atoms with Gasteiger partial charge in [0.05, 0.1) is 35.6 Å². The molecular weight excluding hydrogens is 406 g/mol. The van der Waals surface area contributed by atoms with E-state index >= 15 is 0 Å². The molecule has 3 aromatic rings. The molecule has 0 aliphatic rings. The van der Waals surface area contributed by atoms with Crippen molar-refractivity contribution in [1.82, 2.24) is 19.6 Å². The molecule has 0 saturated heterocycles. The highest BCUT2D eigenvalue weighted by molar-refractivity contribution is 9.10. The van der Waals surface area contributed by atoms with Gasteiger partial charge in [0.2, 0.25) is 5.91 Å². The van der Waals surface area contributed by atoms with Crippen LogP contribution < -0.4 is 5.32 Å². The Morgan fingerprint density at radius 1 is 1.28 bits per heavy atom. The zero-order valence-electron chi connectivity index (χ0n) is 13.6. The van der Waals surface area contributed by atoms with Crippen LogP contribution in [0.5, 0.6) is 0 Å². The second-order valence-corrected chi connectivity index (χ2v) is 6.88. The number of amides is 1. The Bertz CT molecular complexity index is 889. The van der Waals surface area contributed by atoms with Gasteiger partial charge in [0, 0.05) is 23.3 Å². The number of nitrogens with one attached hydrogen (secondary N) is 1. The van der Waals surface area contributed by atoms with Crippen molar-refractivity contribution in [2.24, 2.45) is 0 Å². The van der Waals surface area contributed by atoms with E-state index in [1.54, 1.807) is 28.0 Å². The number of aryl methyl sites for hydroxylation is 1. The average Bonchev–Trinajstić information content (AvgIpc) is 3.15. The molecule has 25 heavy (non-hydrogen) atoms. The molecule has 1 aromatic carbocycles. The number of rotatable bonds is 6. The molecule has 2 aromatic heterocycles. The monoisotopic (exact) mass is 421 g/mol. The lowest BCUT2D eigenvalue weighted by molar-refractivity contribution is -0.116. The lowest BCUT2D eigenvalue weighted by Gasteiger charge is -2.05. The van der Waals surface area contributed by atoms with Crippen molar-refractivity contribution in [3.63, 3.8) is 0 Å². The summed E-state index contributed by atoms with van der Waals surface area (Å²) in [5, 5.41) is 12.0. The van der Waals surface area contributed by atoms with E-state index in [0.717, 1.165) is 15.7 Å².